The van der Waals surface area contributed by atoms with Crippen LogP contribution in [0.3, 0.4) is 0 Å². The number of rotatable bonds is 4. The van der Waals surface area contributed by atoms with Gasteiger partial charge < -0.3 is 10.0 Å². The molecule has 0 unspecified atom stereocenters. The normalized spacial score (nSPS) is 10.9. The van der Waals surface area contributed by atoms with E-state index < -0.39 is 5.97 Å². The molecule has 0 saturated carbocycles. The van der Waals surface area contributed by atoms with E-state index in [0.29, 0.717) is 11.1 Å². The average molecular weight is 248 g/mol. The van der Waals surface area contributed by atoms with Gasteiger partial charge in [-0.25, -0.2) is 4.79 Å². The van der Waals surface area contributed by atoms with Crippen LogP contribution >= 0.6 is 0 Å². The molecule has 0 fully saturated rings. The first-order chi connectivity index (χ1) is 8.41. The van der Waals surface area contributed by atoms with Crippen LogP contribution in [0.4, 0.5) is 0 Å². The molecular weight excluding hydrogens is 232 g/mol. The van der Waals surface area contributed by atoms with Crippen molar-refractivity contribution in [1.29, 1.82) is 0 Å². The summed E-state index contributed by atoms with van der Waals surface area (Å²) in [4.78, 5) is 28.0. The van der Waals surface area contributed by atoms with Gasteiger partial charge in [-0.1, -0.05) is 0 Å². The van der Waals surface area contributed by atoms with Crippen molar-refractivity contribution in [1.82, 2.24) is 9.88 Å². The third kappa shape index (κ3) is 3.69. The summed E-state index contributed by atoms with van der Waals surface area (Å²) in [5, 5.41) is 8.53. The van der Waals surface area contributed by atoms with Gasteiger partial charge >= 0.3 is 5.97 Å². The molecule has 1 aromatic heterocycles. The number of carbonyl (C=O) groups is 2. The second-order valence-electron chi connectivity index (χ2n) is 4.19. The number of amides is 1. The molecule has 5 heteroatoms. The Labute approximate surface area is 106 Å². The molecule has 0 radical (unpaired) electrons. The lowest BCUT2D eigenvalue weighted by Crippen LogP contribution is -2.33. The average Bonchev–Trinajstić information content (AvgIpc) is 2.34. The van der Waals surface area contributed by atoms with Crippen molar-refractivity contribution in [2.45, 2.75) is 19.9 Å². The Kier molecular flexibility index (Phi) is 4.59. The summed E-state index contributed by atoms with van der Waals surface area (Å²) in [6, 6.07) is 1.71. The van der Waals surface area contributed by atoms with E-state index in [0.717, 1.165) is 6.08 Å². The molecule has 18 heavy (non-hydrogen) atoms. The molecule has 1 amide bonds. The maximum Gasteiger partial charge on any atom is 0.328 e. The van der Waals surface area contributed by atoms with E-state index >= 15 is 0 Å². The number of hydrogen-bond donors (Lipinski definition) is 1. The second kappa shape index (κ2) is 5.95. The predicted molar refractivity (Wildman–Crippen MR) is 68.1 cm³/mol. The fraction of sp³-hybridized carbons (Fsp3) is 0.308. The Morgan fingerprint density at radius 1 is 1.39 bits per heavy atom. The van der Waals surface area contributed by atoms with Crippen LogP contribution in [0.25, 0.3) is 6.08 Å². The smallest absolute Gasteiger partial charge is 0.328 e. The zero-order valence-corrected chi connectivity index (χ0v) is 10.6. The van der Waals surface area contributed by atoms with Gasteiger partial charge in [0.2, 0.25) is 0 Å². The minimum atomic E-state index is -1.04. The minimum Gasteiger partial charge on any atom is -0.478 e. The van der Waals surface area contributed by atoms with Crippen LogP contribution in [0.1, 0.15) is 29.8 Å². The standard InChI is InChI=1S/C13H16N2O3/c1-9(2)15(3)13(18)11-6-10(7-14-8-11)4-5-12(16)17/h4-9H,1-3H3,(H,16,17)/b5-4+. The summed E-state index contributed by atoms with van der Waals surface area (Å²) in [6.45, 7) is 3.83. The molecule has 0 aliphatic heterocycles. The number of aliphatic carboxylic acids is 1. The van der Waals surface area contributed by atoms with Crippen LogP contribution in [0.15, 0.2) is 24.5 Å². The largest absolute Gasteiger partial charge is 0.478 e. The van der Waals surface area contributed by atoms with Crippen molar-refractivity contribution < 1.29 is 14.7 Å². The lowest BCUT2D eigenvalue weighted by molar-refractivity contribution is -0.131. The summed E-state index contributed by atoms with van der Waals surface area (Å²) in [5.41, 5.74) is 1.03. The number of hydrogen-bond acceptors (Lipinski definition) is 3. The number of carboxylic acid groups (broad SMARTS) is 1. The Balaban J connectivity index is 2.95. The van der Waals surface area contributed by atoms with Crippen LogP contribution in [0.5, 0.6) is 0 Å². The molecule has 0 aromatic carbocycles. The molecule has 0 aliphatic carbocycles. The van der Waals surface area contributed by atoms with Crippen LogP contribution < -0.4 is 0 Å². The van der Waals surface area contributed by atoms with Gasteiger partial charge in [0.15, 0.2) is 0 Å². The topological polar surface area (TPSA) is 70.5 Å². The highest BCUT2D eigenvalue weighted by atomic mass is 16.4. The second-order valence-corrected chi connectivity index (χ2v) is 4.19. The fourth-order valence-corrected chi connectivity index (χ4v) is 1.27. The van der Waals surface area contributed by atoms with Gasteiger partial charge in [-0.2, -0.15) is 0 Å². The van der Waals surface area contributed by atoms with Crippen molar-refractivity contribution in [2.24, 2.45) is 0 Å². The molecule has 1 aromatic rings. The lowest BCUT2D eigenvalue weighted by Gasteiger charge is -2.21. The van der Waals surface area contributed by atoms with Gasteiger partial charge in [0, 0.05) is 31.6 Å². The lowest BCUT2D eigenvalue weighted by atomic mass is 10.1. The van der Waals surface area contributed by atoms with Crippen LogP contribution in [0, 0.1) is 0 Å². The van der Waals surface area contributed by atoms with E-state index in [4.69, 9.17) is 5.11 Å². The molecule has 0 saturated heterocycles. The van der Waals surface area contributed by atoms with Crippen molar-refractivity contribution in [3.05, 3.63) is 35.7 Å². The number of nitrogens with zero attached hydrogens (tertiary/aromatic N) is 2. The predicted octanol–water partition coefficient (Wildman–Crippen LogP) is 1.66. The van der Waals surface area contributed by atoms with Crippen molar-refractivity contribution >= 4 is 18.0 Å². The molecule has 5 nitrogen and oxygen atoms in total. The van der Waals surface area contributed by atoms with Gasteiger partial charge in [0.05, 0.1) is 5.56 Å². The highest BCUT2D eigenvalue weighted by Gasteiger charge is 2.14. The first kappa shape index (κ1) is 13.9. The van der Waals surface area contributed by atoms with E-state index in [1.807, 2.05) is 13.8 Å². The molecule has 1 rings (SSSR count). The Bertz CT molecular complexity index is 481. The minimum absolute atomic E-state index is 0.0933. The van der Waals surface area contributed by atoms with Gasteiger partial charge in [0.1, 0.15) is 0 Å². The molecule has 0 spiro atoms. The van der Waals surface area contributed by atoms with Crippen molar-refractivity contribution in [3.63, 3.8) is 0 Å². The van der Waals surface area contributed by atoms with Crippen molar-refractivity contribution in [3.8, 4) is 0 Å². The van der Waals surface area contributed by atoms with Crippen molar-refractivity contribution in [2.75, 3.05) is 7.05 Å². The molecule has 0 aliphatic rings. The van der Waals surface area contributed by atoms with E-state index in [1.165, 1.54) is 18.5 Å². The molecule has 0 bridgehead atoms. The summed E-state index contributed by atoms with van der Waals surface area (Å²) in [6.07, 6.45) is 5.39. The number of aromatic nitrogens is 1. The first-order valence-electron chi connectivity index (χ1n) is 5.55. The van der Waals surface area contributed by atoms with Crippen LogP contribution in [-0.2, 0) is 4.79 Å². The highest BCUT2D eigenvalue weighted by molar-refractivity contribution is 5.94. The molecule has 96 valence electrons. The third-order valence-corrected chi connectivity index (χ3v) is 2.52. The zero-order valence-electron chi connectivity index (χ0n) is 10.6. The fourth-order valence-electron chi connectivity index (χ4n) is 1.27. The first-order valence-corrected chi connectivity index (χ1v) is 5.55. The number of carboxylic acids is 1. The Hall–Kier alpha value is -2.17. The maximum atomic E-state index is 12.0. The van der Waals surface area contributed by atoms with Gasteiger partial charge in [-0.3, -0.25) is 9.78 Å². The van der Waals surface area contributed by atoms with E-state index in [2.05, 4.69) is 4.98 Å². The molecular formula is C13H16N2O3. The monoisotopic (exact) mass is 248 g/mol. The van der Waals surface area contributed by atoms with Gasteiger partial charge in [0.25, 0.3) is 5.91 Å². The van der Waals surface area contributed by atoms with Crippen LogP contribution in [0.2, 0.25) is 0 Å². The summed E-state index contributed by atoms with van der Waals surface area (Å²) < 4.78 is 0. The van der Waals surface area contributed by atoms with Gasteiger partial charge in [-0.15, -0.1) is 0 Å². The summed E-state index contributed by atoms with van der Waals surface area (Å²) in [7, 11) is 1.72. The molecule has 1 heterocycles. The molecule has 1 N–H and O–H groups in total. The summed E-state index contributed by atoms with van der Waals surface area (Å²) >= 11 is 0. The number of pyridine rings is 1. The molecule has 0 atom stereocenters. The zero-order chi connectivity index (χ0) is 13.7. The van der Waals surface area contributed by atoms with Gasteiger partial charge in [-0.05, 0) is 31.6 Å². The van der Waals surface area contributed by atoms with E-state index in [1.54, 1.807) is 18.0 Å². The maximum absolute atomic E-state index is 12.0. The van der Waals surface area contributed by atoms with Crippen LogP contribution in [-0.4, -0.2) is 40.0 Å². The Morgan fingerprint density at radius 2 is 2.06 bits per heavy atom. The summed E-state index contributed by atoms with van der Waals surface area (Å²) in [5.74, 6) is -1.17. The van der Waals surface area contributed by atoms with E-state index in [-0.39, 0.29) is 11.9 Å². The Morgan fingerprint density at radius 3 is 2.61 bits per heavy atom. The highest BCUT2D eigenvalue weighted by Crippen LogP contribution is 2.09. The quantitative estimate of drug-likeness (QED) is 0.823. The van der Waals surface area contributed by atoms with E-state index in [9.17, 15) is 9.59 Å². The SMILES string of the molecule is CC(C)N(C)C(=O)c1cncc(/C=C/C(=O)O)c1. The third-order valence-electron chi connectivity index (χ3n) is 2.52. The number of carbonyl (C=O) groups excluding carboxylic acids is 1.